The summed E-state index contributed by atoms with van der Waals surface area (Å²) in [6.07, 6.45) is 8.49. The number of hydrogen-bond donors (Lipinski definition) is 1. The first-order chi connectivity index (χ1) is 12.6. The summed E-state index contributed by atoms with van der Waals surface area (Å²) in [6, 6.07) is 15.8. The maximum atomic E-state index is 12.4. The number of carbonyl (C=O) groups excluding carboxylic acids is 1. The van der Waals surface area contributed by atoms with Gasteiger partial charge >= 0.3 is 0 Å². The van der Waals surface area contributed by atoms with E-state index in [0.717, 1.165) is 23.4 Å². The van der Waals surface area contributed by atoms with Crippen molar-refractivity contribution in [2.24, 2.45) is 17.8 Å². The molecule has 2 aromatic carbocycles. The summed E-state index contributed by atoms with van der Waals surface area (Å²) in [5.41, 5.74) is 3.23. The number of hydrogen-bond acceptors (Lipinski definition) is 1. The second kappa shape index (κ2) is 6.13. The first kappa shape index (κ1) is 16.4. The molecular weight excluding hydrogens is 342 g/mol. The van der Waals surface area contributed by atoms with E-state index < -0.39 is 0 Å². The van der Waals surface area contributed by atoms with Gasteiger partial charge in [0.2, 0.25) is 0 Å². The average molecular weight is 366 g/mol. The van der Waals surface area contributed by atoms with Gasteiger partial charge in [-0.25, -0.2) is 0 Å². The Hall–Kier alpha value is -1.80. The number of halogens is 1. The summed E-state index contributed by atoms with van der Waals surface area (Å²) in [7, 11) is 0. The smallest absolute Gasteiger partial charge is 0.257 e. The summed E-state index contributed by atoms with van der Waals surface area (Å²) in [4.78, 5) is 12.4. The number of nitrogens with one attached hydrogen (secondary N) is 1. The lowest BCUT2D eigenvalue weighted by Crippen LogP contribution is -2.48. The van der Waals surface area contributed by atoms with Crippen molar-refractivity contribution < 1.29 is 4.79 Å². The average Bonchev–Trinajstić information content (AvgIpc) is 2.61. The van der Waals surface area contributed by atoms with Gasteiger partial charge in [-0.3, -0.25) is 4.79 Å². The molecule has 134 valence electrons. The van der Waals surface area contributed by atoms with Crippen molar-refractivity contribution in [1.82, 2.24) is 0 Å². The Morgan fingerprint density at radius 2 is 1.46 bits per heavy atom. The normalized spacial score (nSPS) is 31.8. The van der Waals surface area contributed by atoms with Crippen LogP contribution in [-0.4, -0.2) is 5.91 Å². The zero-order valence-corrected chi connectivity index (χ0v) is 15.6. The minimum absolute atomic E-state index is 0.154. The van der Waals surface area contributed by atoms with E-state index in [2.05, 4.69) is 29.6 Å². The monoisotopic (exact) mass is 365 g/mol. The molecule has 0 heterocycles. The summed E-state index contributed by atoms with van der Waals surface area (Å²) < 4.78 is 0. The Kier molecular flexibility index (Phi) is 3.86. The third kappa shape index (κ3) is 2.75. The summed E-state index contributed by atoms with van der Waals surface area (Å²) in [5, 5.41) is 3.46. The zero-order valence-electron chi connectivity index (χ0n) is 14.9. The predicted molar refractivity (Wildman–Crippen MR) is 106 cm³/mol. The highest BCUT2D eigenvalue weighted by Crippen LogP contribution is 2.60. The van der Waals surface area contributed by atoms with Crippen molar-refractivity contribution in [3.8, 4) is 0 Å². The van der Waals surface area contributed by atoms with E-state index in [1.807, 2.05) is 12.1 Å². The van der Waals surface area contributed by atoms with E-state index >= 15 is 0 Å². The highest BCUT2D eigenvalue weighted by Gasteiger charge is 2.51. The number of amides is 1. The first-order valence-corrected chi connectivity index (χ1v) is 10.2. The fraction of sp³-hybridized carbons (Fsp3) is 0.435. The van der Waals surface area contributed by atoms with Crippen molar-refractivity contribution in [3.05, 3.63) is 64.7 Å². The van der Waals surface area contributed by atoms with Gasteiger partial charge in [-0.2, -0.15) is 0 Å². The van der Waals surface area contributed by atoms with Crippen LogP contribution in [0.5, 0.6) is 0 Å². The molecular formula is C23H24ClNO. The van der Waals surface area contributed by atoms with Gasteiger partial charge in [0, 0.05) is 5.69 Å². The van der Waals surface area contributed by atoms with Crippen molar-refractivity contribution in [3.63, 3.8) is 0 Å². The fourth-order valence-corrected chi connectivity index (χ4v) is 6.44. The quantitative estimate of drug-likeness (QED) is 0.703. The maximum Gasteiger partial charge on any atom is 0.257 e. The van der Waals surface area contributed by atoms with E-state index in [4.69, 9.17) is 11.6 Å². The molecule has 4 aliphatic carbocycles. The lowest BCUT2D eigenvalue weighted by atomic mass is 9.48. The second-order valence-electron chi connectivity index (χ2n) is 8.71. The molecule has 2 nitrogen and oxygen atoms in total. The Morgan fingerprint density at radius 1 is 0.885 bits per heavy atom. The predicted octanol–water partition coefficient (Wildman–Crippen LogP) is 6.06. The van der Waals surface area contributed by atoms with Crippen molar-refractivity contribution in [2.45, 2.75) is 43.9 Å². The van der Waals surface area contributed by atoms with Gasteiger partial charge in [-0.1, -0.05) is 35.9 Å². The van der Waals surface area contributed by atoms with E-state index in [-0.39, 0.29) is 5.91 Å². The van der Waals surface area contributed by atoms with Crippen LogP contribution in [0.15, 0.2) is 48.5 Å². The highest BCUT2D eigenvalue weighted by atomic mass is 35.5. The van der Waals surface area contributed by atoms with Gasteiger partial charge in [0.05, 0.1) is 10.6 Å². The number of benzene rings is 2. The minimum atomic E-state index is -0.154. The van der Waals surface area contributed by atoms with Crippen LogP contribution in [0.4, 0.5) is 5.69 Å². The van der Waals surface area contributed by atoms with E-state index in [1.165, 1.54) is 44.1 Å². The zero-order chi connectivity index (χ0) is 17.7. The molecule has 2 aromatic rings. The van der Waals surface area contributed by atoms with Crippen LogP contribution in [0.1, 0.15) is 54.4 Å². The molecule has 26 heavy (non-hydrogen) atoms. The van der Waals surface area contributed by atoms with Gasteiger partial charge in [0.25, 0.3) is 5.91 Å². The van der Waals surface area contributed by atoms with Crippen molar-refractivity contribution in [1.29, 1.82) is 0 Å². The summed E-state index contributed by atoms with van der Waals surface area (Å²) in [6.45, 7) is 0. The molecule has 0 aliphatic heterocycles. The van der Waals surface area contributed by atoms with Crippen molar-refractivity contribution in [2.75, 3.05) is 5.32 Å². The molecule has 1 N–H and O–H groups in total. The third-order valence-corrected chi connectivity index (χ3v) is 7.24. The molecule has 1 amide bonds. The molecule has 4 aliphatic rings. The Bertz CT molecular complexity index is 806. The van der Waals surface area contributed by atoms with Gasteiger partial charge in [-0.05, 0) is 91.5 Å². The third-order valence-electron chi connectivity index (χ3n) is 6.91. The van der Waals surface area contributed by atoms with Crippen LogP contribution in [-0.2, 0) is 5.41 Å². The van der Waals surface area contributed by atoms with E-state index in [9.17, 15) is 4.79 Å². The fourth-order valence-electron chi connectivity index (χ4n) is 6.22. The second-order valence-corrected chi connectivity index (χ2v) is 9.12. The van der Waals surface area contributed by atoms with Gasteiger partial charge in [0.1, 0.15) is 0 Å². The minimum Gasteiger partial charge on any atom is -0.322 e. The Morgan fingerprint density at radius 3 is 2.04 bits per heavy atom. The maximum absolute atomic E-state index is 12.4. The van der Waals surface area contributed by atoms with Gasteiger partial charge in [0.15, 0.2) is 0 Å². The lowest BCUT2D eigenvalue weighted by Gasteiger charge is -2.57. The molecule has 4 bridgehead atoms. The number of carbonyl (C=O) groups is 1. The molecule has 0 spiro atoms. The summed E-state index contributed by atoms with van der Waals surface area (Å²) in [5.74, 6) is 2.68. The van der Waals surface area contributed by atoms with E-state index in [0.29, 0.717) is 16.0 Å². The highest BCUT2D eigenvalue weighted by molar-refractivity contribution is 6.34. The van der Waals surface area contributed by atoms with Crippen LogP contribution >= 0.6 is 11.6 Å². The molecule has 4 fully saturated rings. The SMILES string of the molecule is O=C(Nc1ccc(C23CC4CC(CC(C4)C2)C3)cc1)c1ccccc1Cl. The van der Waals surface area contributed by atoms with Crippen LogP contribution in [0.3, 0.4) is 0 Å². The van der Waals surface area contributed by atoms with Crippen LogP contribution < -0.4 is 5.32 Å². The molecule has 0 unspecified atom stereocenters. The van der Waals surface area contributed by atoms with E-state index in [1.54, 1.807) is 12.1 Å². The van der Waals surface area contributed by atoms with Crippen LogP contribution in [0, 0.1) is 17.8 Å². The largest absolute Gasteiger partial charge is 0.322 e. The van der Waals surface area contributed by atoms with Crippen LogP contribution in [0.2, 0.25) is 5.02 Å². The lowest BCUT2D eigenvalue weighted by molar-refractivity contribution is -0.00518. The molecule has 0 radical (unpaired) electrons. The molecule has 3 heteroatoms. The first-order valence-electron chi connectivity index (χ1n) is 9.78. The molecule has 0 aromatic heterocycles. The molecule has 4 saturated carbocycles. The van der Waals surface area contributed by atoms with Gasteiger partial charge in [-0.15, -0.1) is 0 Å². The Balaban J connectivity index is 1.35. The topological polar surface area (TPSA) is 29.1 Å². The van der Waals surface area contributed by atoms with Crippen LogP contribution in [0.25, 0.3) is 0 Å². The standard InChI is InChI=1S/C23H24ClNO/c24-21-4-2-1-3-20(21)22(26)25-19-7-5-18(6-8-19)23-12-15-9-16(13-23)11-17(10-15)14-23/h1-8,15-17H,9-14H2,(H,25,26). The molecule has 6 rings (SSSR count). The number of anilines is 1. The van der Waals surface area contributed by atoms with Crippen molar-refractivity contribution >= 4 is 23.2 Å². The molecule has 0 atom stereocenters. The number of rotatable bonds is 3. The summed E-state index contributed by atoms with van der Waals surface area (Å²) >= 11 is 6.13. The Labute approximate surface area is 160 Å². The molecule has 0 saturated heterocycles. The van der Waals surface area contributed by atoms with Gasteiger partial charge < -0.3 is 5.32 Å².